The molecular formula is C17H32N6O. The van der Waals surface area contributed by atoms with Crippen molar-refractivity contribution in [2.75, 3.05) is 57.2 Å². The molecule has 1 saturated heterocycles. The Hall–Kier alpha value is -1.47. The van der Waals surface area contributed by atoms with Crippen LogP contribution in [0.1, 0.15) is 39.4 Å². The number of anilines is 2. The van der Waals surface area contributed by atoms with E-state index in [1.807, 2.05) is 19.0 Å². The van der Waals surface area contributed by atoms with Gasteiger partial charge in [-0.05, 0) is 5.92 Å². The van der Waals surface area contributed by atoms with Gasteiger partial charge in [0.25, 0.3) is 0 Å². The second kappa shape index (κ2) is 8.58. The summed E-state index contributed by atoms with van der Waals surface area (Å²) >= 11 is 0. The highest BCUT2D eigenvalue weighted by atomic mass is 16.5. The average Bonchev–Trinajstić information content (AvgIpc) is 2.55. The molecule has 0 spiro atoms. The van der Waals surface area contributed by atoms with E-state index in [0.29, 0.717) is 23.9 Å². The number of nitrogens with one attached hydrogen (secondary N) is 1. The van der Waals surface area contributed by atoms with Crippen LogP contribution in [-0.2, 0) is 4.74 Å². The average molecular weight is 336 g/mol. The molecule has 1 aliphatic heterocycles. The summed E-state index contributed by atoms with van der Waals surface area (Å²) in [4.78, 5) is 18.1. The maximum atomic E-state index is 5.48. The first-order valence-electron chi connectivity index (χ1n) is 8.87. The Balaban J connectivity index is 2.10. The Morgan fingerprint density at radius 2 is 1.75 bits per heavy atom. The zero-order valence-electron chi connectivity index (χ0n) is 15.9. The molecule has 7 nitrogen and oxygen atoms in total. The lowest BCUT2D eigenvalue weighted by atomic mass is 10.0. The fraction of sp³-hybridized carbons (Fsp3) is 0.824. The molecule has 1 aliphatic rings. The van der Waals surface area contributed by atoms with Crippen LogP contribution in [0.5, 0.6) is 0 Å². The first-order valence-corrected chi connectivity index (χ1v) is 8.87. The molecule has 2 rings (SSSR count). The lowest BCUT2D eigenvalue weighted by molar-refractivity contribution is 0.00951. The minimum atomic E-state index is 0.271. The summed E-state index contributed by atoms with van der Waals surface area (Å²) in [6.07, 6.45) is 0. The molecule has 1 unspecified atom stereocenters. The van der Waals surface area contributed by atoms with E-state index < -0.39 is 0 Å². The number of nitrogens with zero attached hydrogens (tertiary/aromatic N) is 5. The normalized spacial score (nSPS) is 17.3. The van der Waals surface area contributed by atoms with Crippen LogP contribution in [0.15, 0.2) is 0 Å². The second-order valence-electron chi connectivity index (χ2n) is 7.21. The maximum absolute atomic E-state index is 5.48. The van der Waals surface area contributed by atoms with Gasteiger partial charge in [-0.15, -0.1) is 0 Å². The van der Waals surface area contributed by atoms with Crippen molar-refractivity contribution in [2.45, 2.75) is 39.7 Å². The fourth-order valence-electron chi connectivity index (χ4n) is 2.81. The zero-order chi connectivity index (χ0) is 17.7. The summed E-state index contributed by atoms with van der Waals surface area (Å²) in [6, 6.07) is 0.441. The maximum Gasteiger partial charge on any atom is 0.229 e. The molecule has 136 valence electrons. The van der Waals surface area contributed by atoms with Crippen molar-refractivity contribution >= 4 is 11.9 Å². The third kappa shape index (κ3) is 5.01. The Morgan fingerprint density at radius 1 is 1.08 bits per heavy atom. The van der Waals surface area contributed by atoms with Crippen LogP contribution in [0, 0.1) is 5.92 Å². The molecule has 0 radical (unpaired) electrons. The summed E-state index contributed by atoms with van der Waals surface area (Å²) in [6.45, 7) is 13.2. The number of hydrogen-bond acceptors (Lipinski definition) is 7. The highest BCUT2D eigenvalue weighted by Crippen LogP contribution is 2.17. The molecule has 1 aromatic heterocycles. The van der Waals surface area contributed by atoms with Crippen molar-refractivity contribution in [3.63, 3.8) is 0 Å². The molecule has 0 saturated carbocycles. The van der Waals surface area contributed by atoms with Crippen LogP contribution in [0.3, 0.4) is 0 Å². The van der Waals surface area contributed by atoms with Crippen molar-refractivity contribution in [3.8, 4) is 0 Å². The van der Waals surface area contributed by atoms with Gasteiger partial charge in [-0.1, -0.05) is 27.7 Å². The Morgan fingerprint density at radius 3 is 2.29 bits per heavy atom. The summed E-state index contributed by atoms with van der Waals surface area (Å²) in [5.74, 6) is 3.01. The Kier molecular flexibility index (Phi) is 6.74. The van der Waals surface area contributed by atoms with Gasteiger partial charge >= 0.3 is 0 Å². The van der Waals surface area contributed by atoms with E-state index in [1.54, 1.807) is 0 Å². The smallest absolute Gasteiger partial charge is 0.229 e. The highest BCUT2D eigenvalue weighted by Gasteiger charge is 2.24. The molecule has 1 N–H and O–H groups in total. The van der Waals surface area contributed by atoms with E-state index in [-0.39, 0.29) is 5.92 Å². The summed E-state index contributed by atoms with van der Waals surface area (Å²) in [5, 5.41) is 3.44. The predicted octanol–water partition coefficient (Wildman–Crippen LogP) is 1.83. The highest BCUT2D eigenvalue weighted by molar-refractivity contribution is 5.36. The van der Waals surface area contributed by atoms with Gasteiger partial charge in [-0.25, -0.2) is 0 Å². The topological polar surface area (TPSA) is 66.4 Å². The van der Waals surface area contributed by atoms with Crippen LogP contribution in [-0.4, -0.2) is 72.8 Å². The third-order valence-electron chi connectivity index (χ3n) is 4.31. The van der Waals surface area contributed by atoms with Gasteiger partial charge in [0.05, 0.1) is 13.2 Å². The first-order chi connectivity index (χ1) is 11.4. The van der Waals surface area contributed by atoms with Gasteiger partial charge in [0.15, 0.2) is 0 Å². The van der Waals surface area contributed by atoms with Crippen molar-refractivity contribution in [1.29, 1.82) is 0 Å². The molecule has 1 atom stereocenters. The van der Waals surface area contributed by atoms with Crippen molar-refractivity contribution in [2.24, 2.45) is 5.92 Å². The SMILES string of the molecule is CC(C)c1nc(NCC(C(C)C)N2CCOCC2)nc(N(C)C)n1. The number of aromatic nitrogens is 3. The molecule has 2 heterocycles. The van der Waals surface area contributed by atoms with Gasteiger partial charge in [0.2, 0.25) is 11.9 Å². The summed E-state index contributed by atoms with van der Waals surface area (Å²) in [7, 11) is 3.90. The van der Waals surface area contributed by atoms with E-state index in [4.69, 9.17) is 4.74 Å². The van der Waals surface area contributed by atoms with Crippen LogP contribution in [0.4, 0.5) is 11.9 Å². The molecule has 24 heavy (non-hydrogen) atoms. The van der Waals surface area contributed by atoms with Gasteiger partial charge in [0.1, 0.15) is 5.82 Å². The fourth-order valence-corrected chi connectivity index (χ4v) is 2.81. The van der Waals surface area contributed by atoms with Crippen molar-refractivity contribution in [1.82, 2.24) is 19.9 Å². The van der Waals surface area contributed by atoms with E-state index in [2.05, 4.69) is 52.9 Å². The van der Waals surface area contributed by atoms with Crippen LogP contribution in [0.2, 0.25) is 0 Å². The number of morpholine rings is 1. The zero-order valence-corrected chi connectivity index (χ0v) is 15.9. The molecule has 0 aliphatic carbocycles. The molecule has 1 aromatic rings. The standard InChI is InChI=1S/C17H32N6O/c1-12(2)14(23-7-9-24-10-8-23)11-18-16-19-15(13(3)4)20-17(21-16)22(5)6/h12-14H,7-11H2,1-6H3,(H,18,19,20,21). The summed E-state index contributed by atoms with van der Waals surface area (Å²) in [5.41, 5.74) is 0. The van der Waals surface area contributed by atoms with E-state index >= 15 is 0 Å². The Bertz CT molecular complexity index is 488. The van der Waals surface area contributed by atoms with Crippen LogP contribution >= 0.6 is 0 Å². The lowest BCUT2D eigenvalue weighted by Crippen LogP contribution is -2.49. The monoisotopic (exact) mass is 336 g/mol. The van der Waals surface area contributed by atoms with Crippen LogP contribution in [0.25, 0.3) is 0 Å². The lowest BCUT2D eigenvalue weighted by Gasteiger charge is -2.37. The van der Waals surface area contributed by atoms with E-state index in [9.17, 15) is 0 Å². The molecular weight excluding hydrogens is 304 g/mol. The Labute approximate surface area is 145 Å². The number of rotatable bonds is 7. The van der Waals surface area contributed by atoms with Gasteiger partial charge < -0.3 is 15.0 Å². The van der Waals surface area contributed by atoms with Crippen LogP contribution < -0.4 is 10.2 Å². The predicted molar refractivity (Wildman–Crippen MR) is 97.8 cm³/mol. The largest absolute Gasteiger partial charge is 0.379 e. The van der Waals surface area contributed by atoms with E-state index in [0.717, 1.165) is 38.7 Å². The van der Waals surface area contributed by atoms with Gasteiger partial charge in [-0.3, -0.25) is 4.90 Å². The quantitative estimate of drug-likeness (QED) is 0.815. The minimum Gasteiger partial charge on any atom is -0.379 e. The second-order valence-corrected chi connectivity index (χ2v) is 7.21. The van der Waals surface area contributed by atoms with Gasteiger partial charge in [0, 0.05) is 45.7 Å². The van der Waals surface area contributed by atoms with Crippen molar-refractivity contribution in [3.05, 3.63) is 5.82 Å². The summed E-state index contributed by atoms with van der Waals surface area (Å²) < 4.78 is 5.48. The number of hydrogen-bond donors (Lipinski definition) is 1. The minimum absolute atomic E-state index is 0.271. The van der Waals surface area contributed by atoms with E-state index in [1.165, 1.54) is 0 Å². The van der Waals surface area contributed by atoms with Crippen molar-refractivity contribution < 1.29 is 4.74 Å². The molecule has 7 heteroatoms. The first kappa shape index (κ1) is 18.9. The molecule has 0 aromatic carbocycles. The number of ether oxygens (including phenoxy) is 1. The third-order valence-corrected chi connectivity index (χ3v) is 4.31. The molecule has 0 bridgehead atoms. The molecule has 1 fully saturated rings. The molecule has 0 amide bonds. The van der Waals surface area contributed by atoms with Gasteiger partial charge in [-0.2, -0.15) is 15.0 Å².